The molecule has 0 amide bonds. The van der Waals surface area contributed by atoms with E-state index in [2.05, 4.69) is 0 Å². The van der Waals surface area contributed by atoms with Gasteiger partial charge in [-0.1, -0.05) is 72.8 Å². The van der Waals surface area contributed by atoms with Crippen LogP contribution >= 0.6 is 0 Å². The summed E-state index contributed by atoms with van der Waals surface area (Å²) >= 11 is 0. The number of esters is 2. The number of carbonyl (C=O) groups excluding carboxylic acids is 2. The molecule has 0 aliphatic carbocycles. The van der Waals surface area contributed by atoms with Gasteiger partial charge >= 0.3 is 11.9 Å². The molecule has 0 aliphatic heterocycles. The number of carbonyl (C=O) groups is 2. The molecule has 0 radical (unpaired) electrons. The van der Waals surface area contributed by atoms with Gasteiger partial charge < -0.3 is 14.2 Å². The van der Waals surface area contributed by atoms with E-state index in [0.29, 0.717) is 17.0 Å². The minimum Gasteiger partial charge on any atom is -0.497 e. The standard InChI is InChI=1S/C28H27NO5/c1-32-24-16-14-20(15-17-24)18-23(27(30)33-2)19-25(28(31)34-3)29-26(21-10-6-4-7-11-21)22-12-8-5-9-13-22/h4-18,25H,19H2,1-3H3/b23-18+. The minimum atomic E-state index is -0.955. The molecule has 174 valence electrons. The van der Waals surface area contributed by atoms with Crippen LogP contribution in [0.25, 0.3) is 6.08 Å². The van der Waals surface area contributed by atoms with E-state index in [1.165, 1.54) is 14.2 Å². The molecule has 0 bridgehead atoms. The van der Waals surface area contributed by atoms with E-state index in [4.69, 9.17) is 19.2 Å². The van der Waals surface area contributed by atoms with Crippen LogP contribution in [-0.2, 0) is 19.1 Å². The number of ether oxygens (including phenoxy) is 3. The van der Waals surface area contributed by atoms with Gasteiger partial charge in [-0.3, -0.25) is 4.99 Å². The van der Waals surface area contributed by atoms with Crippen LogP contribution in [0.1, 0.15) is 23.1 Å². The highest BCUT2D eigenvalue weighted by Crippen LogP contribution is 2.21. The van der Waals surface area contributed by atoms with Crippen LogP contribution in [-0.4, -0.2) is 45.0 Å². The molecule has 3 aromatic rings. The summed E-state index contributed by atoms with van der Waals surface area (Å²) in [6, 6.07) is 25.4. The van der Waals surface area contributed by atoms with E-state index < -0.39 is 18.0 Å². The molecular formula is C28H27NO5. The summed E-state index contributed by atoms with van der Waals surface area (Å²) in [5.41, 5.74) is 3.39. The zero-order chi connectivity index (χ0) is 24.3. The quantitative estimate of drug-likeness (QED) is 0.264. The predicted molar refractivity (Wildman–Crippen MR) is 132 cm³/mol. The summed E-state index contributed by atoms with van der Waals surface area (Å²) < 4.78 is 15.2. The van der Waals surface area contributed by atoms with Crippen LogP contribution in [0.4, 0.5) is 0 Å². The van der Waals surface area contributed by atoms with Crippen molar-refractivity contribution in [3.63, 3.8) is 0 Å². The van der Waals surface area contributed by atoms with Gasteiger partial charge in [-0.25, -0.2) is 9.59 Å². The van der Waals surface area contributed by atoms with Gasteiger partial charge in [0.1, 0.15) is 5.75 Å². The summed E-state index contributed by atoms with van der Waals surface area (Å²) in [7, 11) is 4.20. The van der Waals surface area contributed by atoms with Crippen LogP contribution in [0.5, 0.6) is 5.75 Å². The fraction of sp³-hybridized carbons (Fsp3) is 0.179. The van der Waals surface area contributed by atoms with Crippen molar-refractivity contribution in [3.05, 3.63) is 107 Å². The first-order valence-electron chi connectivity index (χ1n) is 10.7. The smallest absolute Gasteiger partial charge is 0.333 e. The molecule has 6 heteroatoms. The third-order valence-corrected chi connectivity index (χ3v) is 5.17. The molecular weight excluding hydrogens is 430 g/mol. The molecule has 3 aromatic carbocycles. The lowest BCUT2D eigenvalue weighted by atomic mass is 10.00. The van der Waals surface area contributed by atoms with Crippen LogP contribution in [0, 0.1) is 0 Å². The van der Waals surface area contributed by atoms with E-state index in [0.717, 1.165) is 16.7 Å². The van der Waals surface area contributed by atoms with Crippen molar-refractivity contribution in [3.8, 4) is 5.75 Å². The van der Waals surface area contributed by atoms with E-state index in [1.54, 1.807) is 25.3 Å². The summed E-state index contributed by atoms with van der Waals surface area (Å²) in [5.74, 6) is -0.390. The Morgan fingerprint density at radius 2 is 1.35 bits per heavy atom. The van der Waals surface area contributed by atoms with Gasteiger partial charge in [0, 0.05) is 23.1 Å². The van der Waals surface area contributed by atoms with Crippen molar-refractivity contribution < 1.29 is 23.8 Å². The first kappa shape index (κ1) is 24.5. The third kappa shape index (κ3) is 6.42. The van der Waals surface area contributed by atoms with Gasteiger partial charge in [0.15, 0.2) is 6.04 Å². The van der Waals surface area contributed by atoms with Crippen LogP contribution < -0.4 is 4.74 Å². The van der Waals surface area contributed by atoms with Crippen LogP contribution in [0.3, 0.4) is 0 Å². The largest absolute Gasteiger partial charge is 0.497 e. The second-order valence-electron chi connectivity index (χ2n) is 7.39. The molecule has 0 aliphatic rings. The number of aliphatic imine (C=N–C) groups is 1. The third-order valence-electron chi connectivity index (χ3n) is 5.17. The Hall–Kier alpha value is -4.19. The van der Waals surface area contributed by atoms with Gasteiger partial charge in [-0.15, -0.1) is 0 Å². The Bertz CT molecular complexity index is 1110. The number of benzene rings is 3. The Kier molecular flexibility index (Phi) is 8.74. The second kappa shape index (κ2) is 12.2. The van der Waals surface area contributed by atoms with Gasteiger partial charge in [0.25, 0.3) is 0 Å². The lowest BCUT2D eigenvalue weighted by Gasteiger charge is -2.16. The Morgan fingerprint density at radius 1 is 0.794 bits per heavy atom. The Balaban J connectivity index is 2.05. The fourth-order valence-electron chi connectivity index (χ4n) is 3.42. The Labute approximate surface area is 199 Å². The van der Waals surface area contributed by atoms with Crippen LogP contribution in [0.2, 0.25) is 0 Å². The number of nitrogens with zero attached hydrogens (tertiary/aromatic N) is 1. The molecule has 1 atom stereocenters. The number of hydrogen-bond donors (Lipinski definition) is 0. The molecule has 0 fully saturated rings. The summed E-state index contributed by atoms with van der Waals surface area (Å²) in [6.45, 7) is 0. The maximum Gasteiger partial charge on any atom is 0.333 e. The molecule has 0 saturated carbocycles. The average molecular weight is 458 g/mol. The molecule has 3 rings (SSSR count). The zero-order valence-electron chi connectivity index (χ0n) is 19.4. The normalized spacial score (nSPS) is 11.8. The van der Waals surface area contributed by atoms with Crippen molar-refractivity contribution in [2.24, 2.45) is 4.99 Å². The van der Waals surface area contributed by atoms with Crippen molar-refractivity contribution in [1.29, 1.82) is 0 Å². The van der Waals surface area contributed by atoms with Gasteiger partial charge in [0.05, 0.1) is 27.0 Å². The number of methoxy groups -OCH3 is 3. The fourth-order valence-corrected chi connectivity index (χ4v) is 3.42. The Morgan fingerprint density at radius 3 is 1.82 bits per heavy atom. The molecule has 0 heterocycles. The SMILES string of the molecule is COC(=O)/C(=C/c1ccc(OC)cc1)CC(N=C(c1ccccc1)c1ccccc1)C(=O)OC. The summed E-state index contributed by atoms with van der Waals surface area (Å²) in [4.78, 5) is 30.1. The molecule has 0 saturated heterocycles. The van der Waals surface area contributed by atoms with Gasteiger partial charge in [0.2, 0.25) is 0 Å². The maximum absolute atomic E-state index is 12.8. The van der Waals surface area contributed by atoms with E-state index >= 15 is 0 Å². The highest BCUT2D eigenvalue weighted by molar-refractivity contribution is 6.13. The number of hydrogen-bond acceptors (Lipinski definition) is 6. The molecule has 6 nitrogen and oxygen atoms in total. The highest BCUT2D eigenvalue weighted by atomic mass is 16.5. The lowest BCUT2D eigenvalue weighted by molar-refractivity contribution is -0.142. The maximum atomic E-state index is 12.8. The molecule has 0 N–H and O–H groups in total. The van der Waals surface area contributed by atoms with Crippen LogP contribution in [0.15, 0.2) is 95.5 Å². The first-order valence-corrected chi connectivity index (χ1v) is 10.7. The molecule has 0 spiro atoms. The topological polar surface area (TPSA) is 74.2 Å². The summed E-state index contributed by atoms with van der Waals surface area (Å²) in [5, 5.41) is 0. The number of rotatable bonds is 9. The van der Waals surface area contributed by atoms with Gasteiger partial charge in [-0.05, 0) is 23.8 Å². The average Bonchev–Trinajstić information content (AvgIpc) is 2.90. The summed E-state index contributed by atoms with van der Waals surface area (Å²) in [6.07, 6.45) is 1.69. The van der Waals surface area contributed by atoms with E-state index in [9.17, 15) is 9.59 Å². The van der Waals surface area contributed by atoms with E-state index in [1.807, 2.05) is 72.8 Å². The minimum absolute atomic E-state index is 0.00848. The molecule has 1 unspecified atom stereocenters. The van der Waals surface area contributed by atoms with Crippen molar-refractivity contribution in [1.82, 2.24) is 0 Å². The predicted octanol–water partition coefficient (Wildman–Crippen LogP) is 4.72. The monoisotopic (exact) mass is 457 g/mol. The highest BCUT2D eigenvalue weighted by Gasteiger charge is 2.25. The van der Waals surface area contributed by atoms with Gasteiger partial charge in [-0.2, -0.15) is 0 Å². The van der Waals surface area contributed by atoms with Crippen molar-refractivity contribution >= 4 is 23.7 Å². The van der Waals surface area contributed by atoms with Crippen molar-refractivity contribution in [2.45, 2.75) is 12.5 Å². The molecule has 0 aromatic heterocycles. The lowest BCUT2D eigenvalue weighted by Crippen LogP contribution is -2.25. The van der Waals surface area contributed by atoms with E-state index in [-0.39, 0.29) is 6.42 Å². The van der Waals surface area contributed by atoms with Crippen molar-refractivity contribution in [2.75, 3.05) is 21.3 Å². The zero-order valence-corrected chi connectivity index (χ0v) is 19.4. The first-order chi connectivity index (χ1) is 16.5. The molecule has 34 heavy (non-hydrogen) atoms. The second-order valence-corrected chi connectivity index (χ2v) is 7.39.